The number of sulfone groups is 1. The number of hydrogen-bond donors (Lipinski definition) is 1. The van der Waals surface area contributed by atoms with E-state index in [0.717, 1.165) is 31.1 Å². The molecule has 0 heterocycles. The van der Waals surface area contributed by atoms with Crippen molar-refractivity contribution >= 4 is 27.3 Å². The first-order valence-electron chi connectivity index (χ1n) is 7.74. The second kappa shape index (κ2) is 6.57. The number of hydrogen-bond acceptors (Lipinski definition) is 3. The molecule has 1 aliphatic carbocycles. The van der Waals surface area contributed by atoms with Gasteiger partial charge in [0.05, 0.1) is 10.9 Å². The van der Waals surface area contributed by atoms with Crippen molar-refractivity contribution in [3.8, 4) is 0 Å². The van der Waals surface area contributed by atoms with Crippen molar-refractivity contribution in [3.63, 3.8) is 0 Å². The maximum absolute atomic E-state index is 12.5. The Morgan fingerprint density at radius 2 is 1.88 bits per heavy atom. The van der Waals surface area contributed by atoms with E-state index in [1.165, 1.54) is 29.8 Å². The van der Waals surface area contributed by atoms with E-state index < -0.39 is 9.84 Å². The molecule has 2 aromatic rings. The van der Waals surface area contributed by atoms with Gasteiger partial charge < -0.3 is 5.32 Å². The van der Waals surface area contributed by atoms with Gasteiger partial charge in [-0.05, 0) is 66.8 Å². The van der Waals surface area contributed by atoms with E-state index in [2.05, 4.69) is 5.32 Å². The van der Waals surface area contributed by atoms with Crippen LogP contribution >= 0.6 is 11.6 Å². The summed E-state index contributed by atoms with van der Waals surface area (Å²) in [6.07, 6.45) is 3.98. The third-order valence-corrected chi connectivity index (χ3v) is 5.63. The van der Waals surface area contributed by atoms with Crippen LogP contribution in [-0.4, -0.2) is 20.6 Å². The minimum Gasteiger partial charge on any atom is -0.345 e. The molecule has 4 nitrogen and oxygen atoms in total. The number of rotatable bonds is 3. The minimum atomic E-state index is -3.26. The molecule has 1 amide bonds. The lowest BCUT2D eigenvalue weighted by atomic mass is 9.87. The first kappa shape index (κ1) is 17.0. The predicted molar refractivity (Wildman–Crippen MR) is 94.1 cm³/mol. The summed E-state index contributed by atoms with van der Waals surface area (Å²) in [6, 6.07) is 11.7. The Balaban J connectivity index is 1.79. The van der Waals surface area contributed by atoms with E-state index >= 15 is 0 Å². The SMILES string of the molecule is CS(=O)(=O)c1ccc(C(=O)N[C@@H]2CCCc3cc(Cl)ccc32)cc1. The number of aryl methyl sites for hydroxylation is 1. The van der Waals surface area contributed by atoms with Crippen LogP contribution < -0.4 is 5.32 Å². The highest BCUT2D eigenvalue weighted by molar-refractivity contribution is 7.90. The lowest BCUT2D eigenvalue weighted by molar-refractivity contribution is 0.0932. The van der Waals surface area contributed by atoms with Crippen LogP contribution in [0, 0.1) is 0 Å². The Morgan fingerprint density at radius 1 is 1.17 bits per heavy atom. The summed E-state index contributed by atoms with van der Waals surface area (Å²) in [4.78, 5) is 12.7. The van der Waals surface area contributed by atoms with E-state index in [1.807, 2.05) is 18.2 Å². The molecule has 0 bridgehead atoms. The maximum atomic E-state index is 12.5. The molecule has 0 fully saturated rings. The molecule has 0 saturated carbocycles. The molecule has 0 spiro atoms. The van der Waals surface area contributed by atoms with Crippen molar-refractivity contribution in [2.24, 2.45) is 0 Å². The number of benzene rings is 2. The molecule has 1 N–H and O–H groups in total. The summed E-state index contributed by atoms with van der Waals surface area (Å²) >= 11 is 6.04. The van der Waals surface area contributed by atoms with Gasteiger partial charge in [0, 0.05) is 16.8 Å². The van der Waals surface area contributed by atoms with Crippen LogP contribution in [0.1, 0.15) is 40.4 Å². The van der Waals surface area contributed by atoms with Gasteiger partial charge in [-0.25, -0.2) is 8.42 Å². The molecule has 24 heavy (non-hydrogen) atoms. The van der Waals surface area contributed by atoms with Crippen molar-refractivity contribution < 1.29 is 13.2 Å². The summed E-state index contributed by atoms with van der Waals surface area (Å²) in [5.41, 5.74) is 2.72. The highest BCUT2D eigenvalue weighted by Gasteiger charge is 2.22. The van der Waals surface area contributed by atoms with Gasteiger partial charge in [0.2, 0.25) is 0 Å². The van der Waals surface area contributed by atoms with Gasteiger partial charge in [-0.1, -0.05) is 17.7 Å². The van der Waals surface area contributed by atoms with Gasteiger partial charge in [-0.2, -0.15) is 0 Å². The zero-order chi connectivity index (χ0) is 17.3. The average Bonchev–Trinajstić information content (AvgIpc) is 2.54. The maximum Gasteiger partial charge on any atom is 0.251 e. The largest absolute Gasteiger partial charge is 0.345 e. The Morgan fingerprint density at radius 3 is 2.54 bits per heavy atom. The first-order valence-corrected chi connectivity index (χ1v) is 10.0. The van der Waals surface area contributed by atoms with E-state index in [-0.39, 0.29) is 16.8 Å². The molecule has 0 saturated heterocycles. The summed E-state index contributed by atoms with van der Waals surface area (Å²) in [5, 5.41) is 3.74. The Labute approximate surface area is 146 Å². The summed E-state index contributed by atoms with van der Waals surface area (Å²) in [5.74, 6) is -0.206. The van der Waals surface area contributed by atoms with E-state index in [0.29, 0.717) is 10.6 Å². The number of carbonyl (C=O) groups excluding carboxylic acids is 1. The van der Waals surface area contributed by atoms with Crippen LogP contribution in [0.4, 0.5) is 0 Å². The fourth-order valence-corrected chi connectivity index (χ4v) is 3.85. The Bertz CT molecular complexity index is 876. The van der Waals surface area contributed by atoms with Crippen molar-refractivity contribution in [1.29, 1.82) is 0 Å². The summed E-state index contributed by atoms with van der Waals surface area (Å²) < 4.78 is 23.0. The second-order valence-electron chi connectivity index (χ2n) is 6.06. The lowest BCUT2D eigenvalue weighted by Gasteiger charge is -2.26. The first-order chi connectivity index (χ1) is 11.3. The molecule has 0 unspecified atom stereocenters. The number of halogens is 1. The minimum absolute atomic E-state index is 0.0481. The normalized spacial score (nSPS) is 17.2. The second-order valence-corrected chi connectivity index (χ2v) is 8.51. The van der Waals surface area contributed by atoms with Crippen LogP contribution in [0.3, 0.4) is 0 Å². The van der Waals surface area contributed by atoms with Gasteiger partial charge in [0.1, 0.15) is 0 Å². The summed E-state index contributed by atoms with van der Waals surface area (Å²) in [7, 11) is -3.26. The molecule has 3 rings (SSSR count). The highest BCUT2D eigenvalue weighted by atomic mass is 35.5. The molecule has 0 aliphatic heterocycles. The quantitative estimate of drug-likeness (QED) is 0.907. The number of fused-ring (bicyclic) bond motifs is 1. The predicted octanol–water partition coefficient (Wildman–Crippen LogP) is 3.55. The van der Waals surface area contributed by atoms with Crippen molar-refractivity contribution in [2.75, 3.05) is 6.26 Å². The Kier molecular flexibility index (Phi) is 4.65. The average molecular weight is 364 g/mol. The molecule has 1 atom stereocenters. The van der Waals surface area contributed by atoms with Gasteiger partial charge in [-0.3, -0.25) is 4.79 Å². The lowest BCUT2D eigenvalue weighted by Crippen LogP contribution is -2.31. The van der Waals surface area contributed by atoms with Crippen LogP contribution in [-0.2, 0) is 16.3 Å². The topological polar surface area (TPSA) is 63.2 Å². The molecular weight excluding hydrogens is 346 g/mol. The van der Waals surface area contributed by atoms with E-state index in [1.54, 1.807) is 0 Å². The molecule has 6 heteroatoms. The highest BCUT2D eigenvalue weighted by Crippen LogP contribution is 2.31. The zero-order valence-electron chi connectivity index (χ0n) is 13.3. The third-order valence-electron chi connectivity index (χ3n) is 4.27. The smallest absolute Gasteiger partial charge is 0.251 e. The summed E-state index contributed by atoms with van der Waals surface area (Å²) in [6.45, 7) is 0. The molecule has 2 aromatic carbocycles. The molecule has 126 valence electrons. The molecule has 1 aliphatic rings. The fraction of sp³-hybridized carbons (Fsp3) is 0.278. The van der Waals surface area contributed by atoms with Gasteiger partial charge in [-0.15, -0.1) is 0 Å². The molecule has 0 aromatic heterocycles. The van der Waals surface area contributed by atoms with Crippen LogP contribution in [0.15, 0.2) is 47.4 Å². The van der Waals surface area contributed by atoms with Crippen molar-refractivity contribution in [2.45, 2.75) is 30.2 Å². The zero-order valence-corrected chi connectivity index (χ0v) is 14.8. The fourth-order valence-electron chi connectivity index (χ4n) is 3.03. The standard InChI is InChI=1S/C18H18ClNO3S/c1-24(22,23)15-8-5-12(6-9-15)18(21)20-17-4-2-3-13-11-14(19)7-10-16(13)17/h5-11,17H,2-4H2,1H3,(H,20,21)/t17-/m1/s1. The van der Waals surface area contributed by atoms with Crippen LogP contribution in [0.2, 0.25) is 5.02 Å². The molecular formula is C18H18ClNO3S. The van der Waals surface area contributed by atoms with E-state index in [4.69, 9.17) is 11.6 Å². The molecule has 0 radical (unpaired) electrons. The third kappa shape index (κ3) is 3.62. The van der Waals surface area contributed by atoms with Gasteiger partial charge in [0.15, 0.2) is 9.84 Å². The Hall–Kier alpha value is -1.85. The van der Waals surface area contributed by atoms with Crippen molar-refractivity contribution in [1.82, 2.24) is 5.32 Å². The van der Waals surface area contributed by atoms with E-state index in [9.17, 15) is 13.2 Å². The van der Waals surface area contributed by atoms with Crippen molar-refractivity contribution in [3.05, 3.63) is 64.2 Å². The number of carbonyl (C=O) groups is 1. The van der Waals surface area contributed by atoms with Crippen LogP contribution in [0.25, 0.3) is 0 Å². The van der Waals surface area contributed by atoms with Gasteiger partial charge in [0.25, 0.3) is 5.91 Å². The van der Waals surface area contributed by atoms with Crippen LogP contribution in [0.5, 0.6) is 0 Å². The van der Waals surface area contributed by atoms with Gasteiger partial charge >= 0.3 is 0 Å². The number of nitrogens with one attached hydrogen (secondary N) is 1. The number of amides is 1. The monoisotopic (exact) mass is 363 g/mol.